The maximum Gasteiger partial charge on any atom is 0.176 e. The third-order valence-corrected chi connectivity index (χ3v) is 7.29. The van der Waals surface area contributed by atoms with Crippen molar-refractivity contribution < 1.29 is 9.18 Å². The summed E-state index contributed by atoms with van der Waals surface area (Å²) in [5.74, 6) is 0.0391. The number of nitrogens with one attached hydrogen (secondary N) is 1. The van der Waals surface area contributed by atoms with Crippen molar-refractivity contribution in [3.05, 3.63) is 112 Å². The molecule has 0 saturated carbocycles. The highest BCUT2D eigenvalue weighted by molar-refractivity contribution is 8.03. The number of thioether (sulfide) groups is 1. The van der Waals surface area contributed by atoms with E-state index >= 15 is 0 Å². The van der Waals surface area contributed by atoms with E-state index in [4.69, 9.17) is 4.99 Å². The number of hydrogen-bond acceptors (Lipinski definition) is 5. The van der Waals surface area contributed by atoms with Gasteiger partial charge in [-0.25, -0.2) is 9.38 Å². The first-order valence-electron chi connectivity index (χ1n) is 11.8. The van der Waals surface area contributed by atoms with Gasteiger partial charge in [0.25, 0.3) is 0 Å². The number of benzene rings is 2. The van der Waals surface area contributed by atoms with Crippen LogP contribution in [0.2, 0.25) is 0 Å². The number of Topliss-reactive ketones (excluding diaryl/α,β-unsaturated/α-hetero) is 1. The highest BCUT2D eigenvalue weighted by Gasteiger charge is 2.22. The number of ketones is 1. The standard InChI is InChI=1S/C29H26FN3OS/c30-23-10-5-9-22(15-23)29-24-11-1-2-12-27(24)35-28-13-6-8-21(16-25(28)33-29)26(34)19-32-18-20-7-3-4-14-31-17-20/h1-2,4-6,8-12,14-17,20,32H,3,7,13,18-19H2. The van der Waals surface area contributed by atoms with Crippen LogP contribution in [0.5, 0.6) is 0 Å². The molecule has 0 aromatic heterocycles. The molecule has 5 rings (SSSR count). The Bertz CT molecular complexity index is 1320. The lowest BCUT2D eigenvalue weighted by atomic mass is 10.0. The maximum atomic E-state index is 14.1. The topological polar surface area (TPSA) is 53.8 Å². The molecule has 0 bridgehead atoms. The van der Waals surface area contributed by atoms with Crippen molar-refractivity contribution in [3.63, 3.8) is 0 Å². The van der Waals surface area contributed by atoms with Crippen LogP contribution in [-0.4, -0.2) is 30.8 Å². The molecule has 1 atom stereocenters. The van der Waals surface area contributed by atoms with Crippen molar-refractivity contribution >= 4 is 29.5 Å². The lowest BCUT2D eigenvalue weighted by molar-refractivity contribution is -0.114. The van der Waals surface area contributed by atoms with Gasteiger partial charge in [0.15, 0.2) is 5.78 Å². The monoisotopic (exact) mass is 483 g/mol. The van der Waals surface area contributed by atoms with E-state index in [0.717, 1.165) is 40.4 Å². The normalized spacial score (nSPS) is 19.2. The first-order valence-corrected chi connectivity index (χ1v) is 12.6. The van der Waals surface area contributed by atoms with Crippen LogP contribution >= 0.6 is 11.8 Å². The number of fused-ring (bicyclic) bond motifs is 1. The number of nitrogens with zero attached hydrogens (tertiary/aromatic N) is 2. The van der Waals surface area contributed by atoms with Gasteiger partial charge in [-0.2, -0.15) is 0 Å². The second-order valence-electron chi connectivity index (χ2n) is 8.66. The van der Waals surface area contributed by atoms with Gasteiger partial charge < -0.3 is 5.32 Å². The van der Waals surface area contributed by atoms with E-state index in [2.05, 4.69) is 22.5 Å². The van der Waals surface area contributed by atoms with Crippen LogP contribution in [0.25, 0.3) is 0 Å². The van der Waals surface area contributed by atoms with E-state index in [1.807, 2.05) is 54.9 Å². The third kappa shape index (κ3) is 5.66. The summed E-state index contributed by atoms with van der Waals surface area (Å²) in [4.78, 5) is 24.5. The molecule has 1 N–H and O–H groups in total. The Balaban J connectivity index is 1.41. The Hall–Kier alpha value is -3.35. The van der Waals surface area contributed by atoms with Crippen molar-refractivity contribution in [1.82, 2.24) is 5.32 Å². The SMILES string of the molecule is O=C(CNCC1C=NC=CCC1)C1=CC2=C(CC=C1)Sc1ccccc1C(c1cccc(F)c1)=N2. The fourth-order valence-electron chi connectivity index (χ4n) is 4.28. The van der Waals surface area contributed by atoms with Gasteiger partial charge in [-0.3, -0.25) is 9.79 Å². The van der Waals surface area contributed by atoms with E-state index in [1.54, 1.807) is 17.8 Å². The molecule has 2 aromatic carbocycles. The van der Waals surface area contributed by atoms with Crippen molar-refractivity contribution in [2.45, 2.75) is 24.2 Å². The summed E-state index contributed by atoms with van der Waals surface area (Å²) < 4.78 is 14.1. The summed E-state index contributed by atoms with van der Waals surface area (Å²) in [7, 11) is 0. The number of allylic oxidation sites excluding steroid dienone is 5. The lowest BCUT2D eigenvalue weighted by Gasteiger charge is -2.11. The number of rotatable bonds is 6. The van der Waals surface area contributed by atoms with Crippen molar-refractivity contribution in [2.24, 2.45) is 15.9 Å². The summed E-state index contributed by atoms with van der Waals surface area (Å²) in [6, 6.07) is 14.6. The van der Waals surface area contributed by atoms with Gasteiger partial charge in [0, 0.05) is 51.4 Å². The van der Waals surface area contributed by atoms with Crippen molar-refractivity contribution in [3.8, 4) is 0 Å². The van der Waals surface area contributed by atoms with Gasteiger partial charge in [-0.15, -0.1) is 0 Å². The Morgan fingerprint density at radius 3 is 2.97 bits per heavy atom. The molecular weight excluding hydrogens is 457 g/mol. The largest absolute Gasteiger partial charge is 0.309 e. The van der Waals surface area contributed by atoms with Gasteiger partial charge in [0.05, 0.1) is 18.0 Å². The minimum Gasteiger partial charge on any atom is -0.309 e. The second kappa shape index (κ2) is 10.9. The first kappa shape index (κ1) is 23.4. The molecule has 35 heavy (non-hydrogen) atoms. The van der Waals surface area contributed by atoms with Crippen molar-refractivity contribution in [2.75, 3.05) is 13.1 Å². The van der Waals surface area contributed by atoms with E-state index in [1.165, 1.54) is 12.1 Å². The maximum absolute atomic E-state index is 14.1. The summed E-state index contributed by atoms with van der Waals surface area (Å²) >= 11 is 1.66. The molecule has 0 saturated heterocycles. The molecule has 0 fully saturated rings. The van der Waals surface area contributed by atoms with E-state index < -0.39 is 0 Å². The van der Waals surface area contributed by atoms with Crippen LogP contribution in [0, 0.1) is 11.7 Å². The molecule has 1 unspecified atom stereocenters. The Morgan fingerprint density at radius 2 is 2.06 bits per heavy atom. The number of carbonyl (C=O) groups is 1. The molecule has 2 aromatic rings. The number of carbonyl (C=O) groups excluding carboxylic acids is 1. The molecule has 6 heteroatoms. The van der Waals surface area contributed by atoms with Gasteiger partial charge in [-0.05, 0) is 43.5 Å². The zero-order chi connectivity index (χ0) is 24.0. The molecule has 2 aliphatic heterocycles. The molecule has 1 aliphatic carbocycles. The zero-order valence-electron chi connectivity index (χ0n) is 19.3. The molecule has 176 valence electrons. The predicted octanol–water partition coefficient (Wildman–Crippen LogP) is 6.02. The fraction of sp³-hybridized carbons (Fsp3) is 0.207. The van der Waals surface area contributed by atoms with Crippen LogP contribution in [-0.2, 0) is 4.79 Å². The van der Waals surface area contributed by atoms with Gasteiger partial charge >= 0.3 is 0 Å². The van der Waals surface area contributed by atoms with Crippen LogP contribution < -0.4 is 5.32 Å². The second-order valence-corrected chi connectivity index (χ2v) is 9.79. The van der Waals surface area contributed by atoms with Crippen LogP contribution in [0.4, 0.5) is 4.39 Å². The summed E-state index contributed by atoms with van der Waals surface area (Å²) in [5, 5.41) is 3.30. The molecule has 2 heterocycles. The summed E-state index contributed by atoms with van der Waals surface area (Å²) in [6.45, 7) is 0.972. The van der Waals surface area contributed by atoms with E-state index in [9.17, 15) is 9.18 Å². The van der Waals surface area contributed by atoms with Crippen LogP contribution in [0.1, 0.15) is 30.4 Å². The minimum atomic E-state index is -0.303. The molecule has 4 nitrogen and oxygen atoms in total. The molecule has 0 spiro atoms. The predicted molar refractivity (Wildman–Crippen MR) is 141 cm³/mol. The van der Waals surface area contributed by atoms with Crippen LogP contribution in [0.15, 0.2) is 110 Å². The number of halogens is 1. The Labute approximate surface area is 209 Å². The minimum absolute atomic E-state index is 0.0213. The van der Waals surface area contributed by atoms with E-state index in [0.29, 0.717) is 29.2 Å². The Kier molecular flexibility index (Phi) is 7.31. The zero-order valence-corrected chi connectivity index (χ0v) is 20.1. The third-order valence-electron chi connectivity index (χ3n) is 6.09. The molecule has 0 radical (unpaired) electrons. The quantitative estimate of drug-likeness (QED) is 0.547. The van der Waals surface area contributed by atoms with E-state index in [-0.39, 0.29) is 18.1 Å². The average Bonchev–Trinajstić information content (AvgIpc) is 3.29. The average molecular weight is 484 g/mol. The molecule has 3 aliphatic rings. The fourth-order valence-corrected chi connectivity index (χ4v) is 5.35. The Morgan fingerprint density at radius 1 is 1.14 bits per heavy atom. The van der Waals surface area contributed by atoms with Crippen molar-refractivity contribution in [1.29, 1.82) is 0 Å². The number of hydrogen-bond donors (Lipinski definition) is 1. The lowest BCUT2D eigenvalue weighted by Crippen LogP contribution is -2.29. The highest BCUT2D eigenvalue weighted by atomic mass is 32.2. The summed E-state index contributed by atoms with van der Waals surface area (Å²) in [5.41, 5.74) is 3.75. The molecule has 0 amide bonds. The smallest absolute Gasteiger partial charge is 0.176 e. The highest BCUT2D eigenvalue weighted by Crippen LogP contribution is 2.40. The van der Waals surface area contributed by atoms with Gasteiger partial charge in [0.1, 0.15) is 5.82 Å². The van der Waals surface area contributed by atoms with Gasteiger partial charge in [-0.1, -0.05) is 60.3 Å². The molecular formula is C29H26FN3OS. The number of aliphatic imine (C=N–C) groups is 2. The first-order chi connectivity index (χ1) is 17.2. The van der Waals surface area contributed by atoms with Crippen LogP contribution in [0.3, 0.4) is 0 Å². The van der Waals surface area contributed by atoms with Gasteiger partial charge in [0.2, 0.25) is 0 Å². The summed E-state index contributed by atoms with van der Waals surface area (Å²) in [6.07, 6.45) is 14.3.